The fourth-order valence-corrected chi connectivity index (χ4v) is 6.37. The van der Waals surface area contributed by atoms with Crippen molar-refractivity contribution in [3.8, 4) is 0 Å². The van der Waals surface area contributed by atoms with Gasteiger partial charge < -0.3 is 19.4 Å². The average molecular weight is 537 g/mol. The fourth-order valence-electron chi connectivity index (χ4n) is 4.28. The number of ether oxygens (including phenoxy) is 1. The van der Waals surface area contributed by atoms with Crippen molar-refractivity contribution < 1.29 is 19.1 Å². The molecule has 0 bridgehead atoms. The number of rotatable bonds is 5. The highest BCUT2D eigenvalue weighted by Crippen LogP contribution is 2.31. The Hall–Kier alpha value is -2.27. The summed E-state index contributed by atoms with van der Waals surface area (Å²) in [5.41, 5.74) is 1.25. The SMILES string of the molecule is CN1CCc2cc(C(=O)N3CC(C=NC(=O)c4ccc(Cl)s4)C[C@H]3COC(=O)N(C)C)sc2CC1. The maximum absolute atomic E-state index is 13.6. The Balaban J connectivity index is 1.49. The van der Waals surface area contributed by atoms with Crippen LogP contribution in [0, 0.1) is 5.92 Å². The van der Waals surface area contributed by atoms with Gasteiger partial charge in [-0.25, -0.2) is 9.79 Å². The van der Waals surface area contributed by atoms with E-state index in [1.54, 1.807) is 48.7 Å². The van der Waals surface area contributed by atoms with E-state index >= 15 is 0 Å². The molecule has 4 heterocycles. The molecular formula is C24H29ClN4O4S2. The second-order valence-electron chi connectivity index (χ2n) is 9.13. The highest BCUT2D eigenvalue weighted by atomic mass is 35.5. The Bertz CT molecular complexity index is 1100. The summed E-state index contributed by atoms with van der Waals surface area (Å²) in [5.74, 6) is -0.531. The van der Waals surface area contributed by atoms with E-state index in [2.05, 4.69) is 16.9 Å². The Labute approximate surface area is 218 Å². The Morgan fingerprint density at radius 2 is 1.97 bits per heavy atom. The van der Waals surface area contributed by atoms with Crippen molar-refractivity contribution in [1.29, 1.82) is 0 Å². The molecule has 4 rings (SSSR count). The molecule has 1 saturated heterocycles. The molecule has 0 saturated carbocycles. The number of thiophene rings is 2. The lowest BCUT2D eigenvalue weighted by atomic mass is 10.1. The van der Waals surface area contributed by atoms with Crippen LogP contribution >= 0.6 is 34.3 Å². The van der Waals surface area contributed by atoms with Crippen LogP contribution in [0.25, 0.3) is 0 Å². The summed E-state index contributed by atoms with van der Waals surface area (Å²) in [4.78, 5) is 50.0. The quantitative estimate of drug-likeness (QED) is 0.541. The van der Waals surface area contributed by atoms with Gasteiger partial charge in [-0.3, -0.25) is 9.59 Å². The number of halogens is 1. The highest BCUT2D eigenvalue weighted by molar-refractivity contribution is 7.18. The van der Waals surface area contributed by atoms with Crippen molar-refractivity contribution in [1.82, 2.24) is 14.7 Å². The number of hydrogen-bond donors (Lipinski definition) is 0. The first-order valence-corrected chi connectivity index (χ1v) is 13.5. The number of carbonyl (C=O) groups is 3. The van der Waals surface area contributed by atoms with Crippen LogP contribution in [0.4, 0.5) is 4.79 Å². The van der Waals surface area contributed by atoms with E-state index in [4.69, 9.17) is 16.3 Å². The average Bonchev–Trinajstić information content (AvgIpc) is 3.53. The lowest BCUT2D eigenvalue weighted by Gasteiger charge is -2.24. The first-order valence-electron chi connectivity index (χ1n) is 11.5. The summed E-state index contributed by atoms with van der Waals surface area (Å²) in [6.45, 7) is 2.47. The van der Waals surface area contributed by atoms with E-state index < -0.39 is 6.09 Å². The van der Waals surface area contributed by atoms with Crippen LogP contribution in [0.15, 0.2) is 23.2 Å². The molecule has 0 radical (unpaired) electrons. The molecule has 8 nitrogen and oxygen atoms in total. The van der Waals surface area contributed by atoms with E-state index in [0.29, 0.717) is 27.1 Å². The monoisotopic (exact) mass is 536 g/mol. The maximum Gasteiger partial charge on any atom is 0.409 e. The molecule has 35 heavy (non-hydrogen) atoms. The number of aliphatic imine (C=N–C) groups is 1. The molecule has 0 aromatic carbocycles. The second-order valence-corrected chi connectivity index (χ2v) is 12.0. The first-order chi connectivity index (χ1) is 16.7. The smallest absolute Gasteiger partial charge is 0.409 e. The minimum atomic E-state index is -0.453. The van der Waals surface area contributed by atoms with Gasteiger partial charge in [-0.05, 0) is 50.1 Å². The van der Waals surface area contributed by atoms with Crippen molar-refractivity contribution in [3.05, 3.63) is 42.7 Å². The van der Waals surface area contributed by atoms with Crippen LogP contribution in [0.3, 0.4) is 0 Å². The summed E-state index contributed by atoms with van der Waals surface area (Å²) in [7, 11) is 5.36. The van der Waals surface area contributed by atoms with Gasteiger partial charge >= 0.3 is 6.09 Å². The van der Waals surface area contributed by atoms with Gasteiger partial charge in [0, 0.05) is 50.7 Å². The fraction of sp³-hybridized carbons (Fsp3) is 0.500. The van der Waals surface area contributed by atoms with Crippen LogP contribution < -0.4 is 0 Å². The highest BCUT2D eigenvalue weighted by Gasteiger charge is 2.37. The zero-order valence-corrected chi connectivity index (χ0v) is 22.4. The molecule has 1 unspecified atom stereocenters. The molecule has 1 fully saturated rings. The molecule has 2 aliphatic heterocycles. The Kier molecular flexibility index (Phi) is 8.26. The van der Waals surface area contributed by atoms with Gasteiger partial charge in [0.15, 0.2) is 0 Å². The summed E-state index contributed by atoms with van der Waals surface area (Å²) in [6, 6.07) is 5.05. The summed E-state index contributed by atoms with van der Waals surface area (Å²) < 4.78 is 5.96. The number of amides is 3. The molecule has 2 aliphatic rings. The molecule has 0 spiro atoms. The minimum Gasteiger partial charge on any atom is -0.447 e. The molecule has 2 aromatic rings. The van der Waals surface area contributed by atoms with Gasteiger partial charge in [-0.15, -0.1) is 22.7 Å². The normalized spacial score (nSPS) is 20.6. The predicted molar refractivity (Wildman–Crippen MR) is 139 cm³/mol. The number of fused-ring (bicyclic) bond motifs is 1. The molecule has 3 amide bonds. The third-order valence-electron chi connectivity index (χ3n) is 6.25. The third kappa shape index (κ3) is 6.30. The summed E-state index contributed by atoms with van der Waals surface area (Å²) >= 11 is 8.67. The van der Waals surface area contributed by atoms with Crippen LogP contribution in [-0.2, 0) is 17.6 Å². The van der Waals surface area contributed by atoms with E-state index in [1.165, 1.54) is 26.7 Å². The molecule has 0 aliphatic carbocycles. The van der Waals surface area contributed by atoms with Crippen molar-refractivity contribution in [2.24, 2.45) is 10.9 Å². The topological polar surface area (TPSA) is 82.5 Å². The van der Waals surface area contributed by atoms with Gasteiger partial charge in [0.2, 0.25) is 0 Å². The van der Waals surface area contributed by atoms with Crippen LogP contribution in [0.1, 0.15) is 36.2 Å². The van der Waals surface area contributed by atoms with Crippen molar-refractivity contribution in [2.75, 3.05) is 47.4 Å². The van der Waals surface area contributed by atoms with Crippen molar-refractivity contribution >= 4 is 58.4 Å². The van der Waals surface area contributed by atoms with E-state index in [1.807, 2.05) is 6.07 Å². The van der Waals surface area contributed by atoms with Crippen molar-refractivity contribution in [2.45, 2.75) is 25.3 Å². The molecule has 11 heteroatoms. The number of nitrogens with zero attached hydrogens (tertiary/aromatic N) is 4. The second kappa shape index (κ2) is 11.2. The molecule has 0 N–H and O–H groups in total. The third-order valence-corrected chi connectivity index (χ3v) is 8.69. The molecular weight excluding hydrogens is 508 g/mol. The van der Waals surface area contributed by atoms with Gasteiger partial charge in [-0.2, -0.15) is 0 Å². The summed E-state index contributed by atoms with van der Waals surface area (Å²) in [6.07, 6.45) is 3.60. The molecule has 2 atom stereocenters. The maximum atomic E-state index is 13.6. The number of hydrogen-bond acceptors (Lipinski definition) is 7. The summed E-state index contributed by atoms with van der Waals surface area (Å²) in [5, 5.41) is 0. The van der Waals surface area contributed by atoms with E-state index in [0.717, 1.165) is 25.9 Å². The lowest BCUT2D eigenvalue weighted by Crippen LogP contribution is -2.39. The minimum absolute atomic E-state index is 0.0606. The zero-order valence-electron chi connectivity index (χ0n) is 20.0. The van der Waals surface area contributed by atoms with E-state index in [-0.39, 0.29) is 30.4 Å². The zero-order chi connectivity index (χ0) is 25.1. The number of likely N-dealkylation sites (tertiary alicyclic amines) is 1. The molecule has 2 aromatic heterocycles. The number of carbonyl (C=O) groups excluding carboxylic acids is 3. The predicted octanol–water partition coefficient (Wildman–Crippen LogP) is 3.93. The van der Waals surface area contributed by atoms with Crippen LogP contribution in [0.2, 0.25) is 4.34 Å². The van der Waals surface area contributed by atoms with Crippen LogP contribution in [0.5, 0.6) is 0 Å². The van der Waals surface area contributed by atoms with E-state index in [9.17, 15) is 14.4 Å². The van der Waals surface area contributed by atoms with Crippen LogP contribution in [-0.4, -0.2) is 92.2 Å². The Morgan fingerprint density at radius 3 is 2.69 bits per heavy atom. The van der Waals surface area contributed by atoms with Gasteiger partial charge in [0.1, 0.15) is 6.61 Å². The largest absolute Gasteiger partial charge is 0.447 e. The molecule has 188 valence electrons. The first kappa shape index (κ1) is 25.8. The lowest BCUT2D eigenvalue weighted by molar-refractivity contribution is 0.0602. The number of likely N-dealkylation sites (N-methyl/N-ethyl adjacent to an activating group) is 1. The van der Waals surface area contributed by atoms with Gasteiger partial charge in [-0.1, -0.05) is 11.6 Å². The standard InChI is InChI=1S/C24H29ClN4O4S2/c1-27(2)24(32)33-14-17-10-15(12-26-22(30)19-4-5-21(25)35-19)13-29(17)23(31)20-11-16-6-8-28(3)9-7-18(16)34-20/h4-5,11-12,15,17H,6-10,13-14H2,1-3H3/t15?,17-/m0/s1. The van der Waals surface area contributed by atoms with Gasteiger partial charge in [0.05, 0.1) is 20.1 Å². The Morgan fingerprint density at radius 1 is 1.20 bits per heavy atom. The van der Waals surface area contributed by atoms with Crippen molar-refractivity contribution in [3.63, 3.8) is 0 Å². The van der Waals surface area contributed by atoms with Gasteiger partial charge in [0.25, 0.3) is 11.8 Å².